The molecule has 1 fully saturated rings. The zero-order valence-corrected chi connectivity index (χ0v) is 20.4. The molecule has 1 aromatic heterocycles. The van der Waals surface area contributed by atoms with E-state index in [2.05, 4.69) is 5.32 Å². The maximum Gasteiger partial charge on any atom is 0.252 e. The number of nitrogens with zero attached hydrogens (tertiary/aromatic N) is 1. The van der Waals surface area contributed by atoms with Crippen LogP contribution in [0.15, 0.2) is 28.5 Å². The van der Waals surface area contributed by atoms with Gasteiger partial charge in [-0.05, 0) is 44.5 Å². The highest BCUT2D eigenvalue weighted by Gasteiger charge is 2.28. The Balaban J connectivity index is 1.70. The summed E-state index contributed by atoms with van der Waals surface area (Å²) in [6, 6.07) is 7.00. The van der Waals surface area contributed by atoms with Gasteiger partial charge in [-0.1, -0.05) is 6.07 Å². The van der Waals surface area contributed by atoms with Gasteiger partial charge in [0.15, 0.2) is 11.5 Å². The Morgan fingerprint density at radius 1 is 1.10 bits per heavy atom. The third kappa shape index (κ3) is 5.94. The molecule has 1 aliphatic heterocycles. The lowest BCUT2D eigenvalue weighted by Crippen LogP contribution is -2.37. The van der Waals surface area contributed by atoms with Crippen LogP contribution < -0.4 is 14.8 Å². The fourth-order valence-electron chi connectivity index (χ4n) is 3.21. The monoisotopic (exact) mass is 484 g/mol. The van der Waals surface area contributed by atoms with Crippen molar-refractivity contribution in [2.75, 3.05) is 43.1 Å². The Hall–Kier alpha value is -1.75. The third-order valence-corrected chi connectivity index (χ3v) is 9.05. The molecule has 7 nitrogen and oxygen atoms in total. The van der Waals surface area contributed by atoms with E-state index in [1.165, 1.54) is 15.6 Å². The van der Waals surface area contributed by atoms with Gasteiger partial charge in [0.05, 0.1) is 25.3 Å². The standard InChI is InChI=1S/C21H28N2O5S3/c1-4-27-18-7-6-16(12-19(18)28-5-2)13-20(24)22-17-14-21(30-15(17)3)31(25,26)23-8-10-29-11-9-23/h6-7,12,14H,4-5,8-11,13H2,1-3H3,(H,22,24). The SMILES string of the molecule is CCOc1ccc(CC(=O)Nc2cc(S(=O)(=O)N3CCSCC3)sc2C)cc1OCC. The van der Waals surface area contributed by atoms with Gasteiger partial charge >= 0.3 is 0 Å². The molecule has 1 amide bonds. The highest BCUT2D eigenvalue weighted by Crippen LogP contribution is 2.33. The van der Waals surface area contributed by atoms with Crippen LogP contribution in [0.2, 0.25) is 0 Å². The topological polar surface area (TPSA) is 84.9 Å². The average molecular weight is 485 g/mol. The molecule has 170 valence electrons. The van der Waals surface area contributed by atoms with Crippen molar-refractivity contribution >= 4 is 44.7 Å². The second-order valence-corrected chi connectivity index (χ2v) is 11.6. The Labute approximate surface area is 192 Å². The van der Waals surface area contributed by atoms with E-state index in [0.29, 0.717) is 43.5 Å². The van der Waals surface area contributed by atoms with E-state index in [4.69, 9.17) is 9.47 Å². The number of anilines is 1. The molecule has 3 rings (SSSR count). The summed E-state index contributed by atoms with van der Waals surface area (Å²) in [6.45, 7) is 7.67. The summed E-state index contributed by atoms with van der Waals surface area (Å²) in [6.07, 6.45) is 0.146. The molecule has 0 aliphatic carbocycles. The molecule has 0 radical (unpaired) electrons. The number of amides is 1. The van der Waals surface area contributed by atoms with Crippen molar-refractivity contribution < 1.29 is 22.7 Å². The maximum atomic E-state index is 12.9. The van der Waals surface area contributed by atoms with Crippen molar-refractivity contribution in [2.24, 2.45) is 0 Å². The highest BCUT2D eigenvalue weighted by atomic mass is 32.2. The molecule has 0 atom stereocenters. The molecule has 1 saturated heterocycles. The molecule has 0 spiro atoms. The van der Waals surface area contributed by atoms with Crippen LogP contribution in [0.4, 0.5) is 5.69 Å². The van der Waals surface area contributed by atoms with Gasteiger partial charge < -0.3 is 14.8 Å². The first-order valence-corrected chi connectivity index (χ1v) is 13.6. The summed E-state index contributed by atoms with van der Waals surface area (Å²) in [5, 5.41) is 2.86. The summed E-state index contributed by atoms with van der Waals surface area (Å²) in [4.78, 5) is 13.4. The molecule has 2 aromatic rings. The predicted octanol–water partition coefficient (Wildman–Crippen LogP) is 3.77. The van der Waals surface area contributed by atoms with E-state index >= 15 is 0 Å². The zero-order chi connectivity index (χ0) is 22.4. The van der Waals surface area contributed by atoms with Crippen molar-refractivity contribution in [3.8, 4) is 11.5 Å². The van der Waals surface area contributed by atoms with Gasteiger partial charge in [-0.2, -0.15) is 16.1 Å². The minimum absolute atomic E-state index is 0.146. The van der Waals surface area contributed by atoms with Crippen LogP contribution in [0.1, 0.15) is 24.3 Å². The molecular formula is C21H28N2O5S3. The van der Waals surface area contributed by atoms with Crippen LogP contribution in [-0.4, -0.2) is 56.4 Å². The lowest BCUT2D eigenvalue weighted by Gasteiger charge is -2.24. The van der Waals surface area contributed by atoms with Gasteiger partial charge in [0.25, 0.3) is 10.0 Å². The number of thioether (sulfide) groups is 1. The summed E-state index contributed by atoms with van der Waals surface area (Å²) >= 11 is 2.95. The second-order valence-electron chi connectivity index (χ2n) is 6.92. The van der Waals surface area contributed by atoms with Crippen LogP contribution >= 0.6 is 23.1 Å². The third-order valence-electron chi connectivity index (χ3n) is 4.71. The van der Waals surface area contributed by atoms with Crippen molar-refractivity contribution in [3.05, 3.63) is 34.7 Å². The van der Waals surface area contributed by atoms with Crippen molar-refractivity contribution in [1.82, 2.24) is 4.31 Å². The Bertz CT molecular complexity index is 1010. The number of ether oxygens (including phenoxy) is 2. The smallest absolute Gasteiger partial charge is 0.252 e. The largest absolute Gasteiger partial charge is 0.490 e. The first-order chi connectivity index (χ1) is 14.8. The molecule has 10 heteroatoms. The van der Waals surface area contributed by atoms with Gasteiger partial charge in [-0.25, -0.2) is 8.42 Å². The fraction of sp³-hybridized carbons (Fsp3) is 0.476. The van der Waals surface area contributed by atoms with Crippen molar-refractivity contribution in [1.29, 1.82) is 0 Å². The minimum atomic E-state index is -3.52. The number of carbonyl (C=O) groups is 1. The van der Waals surface area contributed by atoms with E-state index in [0.717, 1.165) is 21.9 Å². The quantitative estimate of drug-likeness (QED) is 0.583. The zero-order valence-electron chi connectivity index (χ0n) is 18.0. The molecule has 0 unspecified atom stereocenters. The van der Waals surface area contributed by atoms with Crippen LogP contribution in [0.25, 0.3) is 0 Å². The molecule has 31 heavy (non-hydrogen) atoms. The number of thiophene rings is 1. The van der Waals surface area contributed by atoms with Gasteiger partial charge in [-0.3, -0.25) is 4.79 Å². The summed E-state index contributed by atoms with van der Waals surface area (Å²) in [5.41, 5.74) is 1.33. The van der Waals surface area contributed by atoms with Gasteiger partial charge in [0.2, 0.25) is 5.91 Å². The number of benzene rings is 1. The van der Waals surface area contributed by atoms with Gasteiger partial charge in [-0.15, -0.1) is 11.3 Å². The Morgan fingerprint density at radius 3 is 2.45 bits per heavy atom. The molecule has 1 N–H and O–H groups in total. The number of nitrogens with one attached hydrogen (secondary N) is 1. The van der Waals surface area contributed by atoms with E-state index < -0.39 is 10.0 Å². The van der Waals surface area contributed by atoms with Crippen LogP contribution in [0.5, 0.6) is 11.5 Å². The van der Waals surface area contributed by atoms with E-state index in [9.17, 15) is 13.2 Å². The van der Waals surface area contributed by atoms with Gasteiger partial charge in [0.1, 0.15) is 4.21 Å². The summed E-state index contributed by atoms with van der Waals surface area (Å²) in [7, 11) is -3.52. The second kappa shape index (κ2) is 10.7. The van der Waals surface area contributed by atoms with Crippen LogP contribution in [-0.2, 0) is 21.2 Å². The summed E-state index contributed by atoms with van der Waals surface area (Å²) in [5.74, 6) is 2.64. The van der Waals surface area contributed by atoms with Crippen molar-refractivity contribution in [2.45, 2.75) is 31.4 Å². The van der Waals surface area contributed by atoms with E-state index in [1.54, 1.807) is 30.0 Å². The number of rotatable bonds is 9. The highest BCUT2D eigenvalue weighted by molar-refractivity contribution is 7.99. The molecular weight excluding hydrogens is 456 g/mol. The Kier molecular flexibility index (Phi) is 8.26. The predicted molar refractivity (Wildman–Crippen MR) is 126 cm³/mol. The first kappa shape index (κ1) is 23.9. The van der Waals surface area contributed by atoms with E-state index in [1.807, 2.05) is 26.8 Å². The average Bonchev–Trinajstić information content (AvgIpc) is 3.12. The molecule has 0 bridgehead atoms. The summed E-state index contributed by atoms with van der Waals surface area (Å²) < 4.78 is 38.8. The van der Waals surface area contributed by atoms with Crippen LogP contribution in [0.3, 0.4) is 0 Å². The molecule has 1 aliphatic rings. The number of hydrogen-bond acceptors (Lipinski definition) is 7. The van der Waals surface area contributed by atoms with Gasteiger partial charge in [0, 0.05) is 29.5 Å². The van der Waals surface area contributed by atoms with E-state index in [-0.39, 0.29) is 16.5 Å². The number of sulfonamides is 1. The number of aryl methyl sites for hydroxylation is 1. The lowest BCUT2D eigenvalue weighted by molar-refractivity contribution is -0.115. The fourth-order valence-corrected chi connectivity index (χ4v) is 7.34. The number of hydrogen-bond donors (Lipinski definition) is 1. The Morgan fingerprint density at radius 2 is 1.77 bits per heavy atom. The van der Waals surface area contributed by atoms with Crippen LogP contribution in [0, 0.1) is 6.92 Å². The molecule has 0 saturated carbocycles. The maximum absolute atomic E-state index is 12.9. The molecule has 2 heterocycles. The first-order valence-electron chi connectivity index (χ1n) is 10.2. The lowest BCUT2D eigenvalue weighted by atomic mass is 10.1. The van der Waals surface area contributed by atoms with Crippen molar-refractivity contribution in [3.63, 3.8) is 0 Å². The number of carbonyl (C=O) groups excluding carboxylic acids is 1. The minimum Gasteiger partial charge on any atom is -0.490 e. The normalized spacial score (nSPS) is 14.9. The molecule has 1 aromatic carbocycles.